The van der Waals surface area contributed by atoms with Crippen LogP contribution in [0.2, 0.25) is 0 Å². The van der Waals surface area contributed by atoms with Crippen LogP contribution in [0.15, 0.2) is 0 Å². The monoisotopic (exact) mass is 300 g/mol. The fourth-order valence-electron chi connectivity index (χ4n) is 3.01. The highest BCUT2D eigenvalue weighted by molar-refractivity contribution is 4.74. The minimum atomic E-state index is -0.409. The van der Waals surface area contributed by atoms with Gasteiger partial charge in [0.05, 0.1) is 18.8 Å². The van der Waals surface area contributed by atoms with Crippen LogP contribution in [0.3, 0.4) is 0 Å². The average Bonchev–Trinajstić information content (AvgIpc) is 2.45. The summed E-state index contributed by atoms with van der Waals surface area (Å²) in [6.45, 7) is 13.2. The number of rotatable bonds is 10. The molecule has 3 atom stereocenters. The number of hydrogen-bond acceptors (Lipinski definition) is 4. The number of hydrogen-bond donors (Lipinski definition) is 2. The van der Waals surface area contributed by atoms with Gasteiger partial charge in [0, 0.05) is 19.1 Å². The Morgan fingerprint density at radius 3 is 2.33 bits per heavy atom. The Hall–Kier alpha value is -0.160. The zero-order valence-electron chi connectivity index (χ0n) is 14.5. The van der Waals surface area contributed by atoms with E-state index in [1.807, 2.05) is 0 Å². The zero-order chi connectivity index (χ0) is 15.7. The second-order valence-corrected chi connectivity index (χ2v) is 7.03. The van der Waals surface area contributed by atoms with E-state index in [1.165, 1.54) is 32.4 Å². The number of nitrogens with one attached hydrogen (secondary N) is 1. The van der Waals surface area contributed by atoms with Crippen molar-refractivity contribution >= 4 is 0 Å². The summed E-state index contributed by atoms with van der Waals surface area (Å²) in [7, 11) is 0. The first kappa shape index (κ1) is 18.9. The molecule has 4 heteroatoms. The molecule has 1 fully saturated rings. The first-order valence-electron chi connectivity index (χ1n) is 8.73. The molecule has 21 heavy (non-hydrogen) atoms. The van der Waals surface area contributed by atoms with Gasteiger partial charge in [0.25, 0.3) is 0 Å². The Morgan fingerprint density at radius 2 is 1.71 bits per heavy atom. The van der Waals surface area contributed by atoms with Crippen LogP contribution in [-0.4, -0.2) is 61.0 Å². The quantitative estimate of drug-likeness (QED) is 0.649. The minimum absolute atomic E-state index is 0.229. The lowest BCUT2D eigenvalue weighted by Crippen LogP contribution is -2.44. The van der Waals surface area contributed by atoms with Gasteiger partial charge in [-0.1, -0.05) is 20.3 Å². The van der Waals surface area contributed by atoms with E-state index >= 15 is 0 Å². The van der Waals surface area contributed by atoms with Crippen molar-refractivity contribution in [3.8, 4) is 0 Å². The highest BCUT2D eigenvalue weighted by Gasteiger charge is 2.16. The maximum Gasteiger partial charge on any atom is 0.0897 e. The fourth-order valence-corrected chi connectivity index (χ4v) is 3.01. The van der Waals surface area contributed by atoms with Gasteiger partial charge < -0.3 is 15.2 Å². The standard InChI is InChI=1S/C17H36N2O2/c1-14(2)10-16(4)21-13-17(20)12-18-11-15(3)19-8-6-5-7-9-19/h14-18,20H,5-13H2,1-4H3. The third-order valence-electron chi connectivity index (χ3n) is 4.21. The van der Waals surface area contributed by atoms with Crippen molar-refractivity contribution in [3.63, 3.8) is 0 Å². The van der Waals surface area contributed by atoms with Crippen molar-refractivity contribution in [2.45, 2.75) is 71.6 Å². The van der Waals surface area contributed by atoms with E-state index in [0.717, 1.165) is 13.0 Å². The van der Waals surface area contributed by atoms with Crippen LogP contribution in [-0.2, 0) is 4.74 Å². The van der Waals surface area contributed by atoms with Crippen molar-refractivity contribution in [2.75, 3.05) is 32.8 Å². The molecule has 2 N–H and O–H groups in total. The van der Waals surface area contributed by atoms with Gasteiger partial charge in [0.1, 0.15) is 0 Å². The maximum absolute atomic E-state index is 9.95. The number of ether oxygens (including phenoxy) is 1. The first-order valence-corrected chi connectivity index (χ1v) is 8.73. The van der Waals surface area contributed by atoms with Gasteiger partial charge in [-0.3, -0.25) is 4.90 Å². The molecule has 3 unspecified atom stereocenters. The molecule has 0 saturated carbocycles. The predicted octanol–water partition coefficient (Wildman–Crippen LogP) is 2.26. The van der Waals surface area contributed by atoms with Gasteiger partial charge >= 0.3 is 0 Å². The van der Waals surface area contributed by atoms with E-state index in [2.05, 4.69) is 37.9 Å². The van der Waals surface area contributed by atoms with Gasteiger partial charge in [-0.05, 0) is 52.1 Å². The molecular formula is C17H36N2O2. The van der Waals surface area contributed by atoms with Crippen molar-refractivity contribution in [1.82, 2.24) is 10.2 Å². The molecule has 0 aromatic heterocycles. The van der Waals surface area contributed by atoms with Crippen molar-refractivity contribution in [3.05, 3.63) is 0 Å². The Balaban J connectivity index is 2.05. The minimum Gasteiger partial charge on any atom is -0.389 e. The molecule has 126 valence electrons. The Labute approximate surface area is 131 Å². The zero-order valence-corrected chi connectivity index (χ0v) is 14.5. The molecular weight excluding hydrogens is 264 g/mol. The van der Waals surface area contributed by atoms with Crippen LogP contribution in [0.1, 0.15) is 53.4 Å². The van der Waals surface area contributed by atoms with Gasteiger partial charge in [-0.2, -0.15) is 0 Å². The Bertz CT molecular complexity index is 255. The number of aliphatic hydroxyl groups is 1. The lowest BCUT2D eigenvalue weighted by molar-refractivity contribution is -0.00892. The lowest BCUT2D eigenvalue weighted by atomic mass is 10.1. The van der Waals surface area contributed by atoms with Crippen LogP contribution in [0.4, 0.5) is 0 Å². The summed E-state index contributed by atoms with van der Waals surface area (Å²) in [4.78, 5) is 2.55. The molecule has 1 aliphatic rings. The highest BCUT2D eigenvalue weighted by Crippen LogP contribution is 2.11. The maximum atomic E-state index is 9.95. The highest BCUT2D eigenvalue weighted by atomic mass is 16.5. The smallest absolute Gasteiger partial charge is 0.0897 e. The molecule has 0 aliphatic carbocycles. The van der Waals surface area contributed by atoms with Crippen LogP contribution < -0.4 is 5.32 Å². The van der Waals surface area contributed by atoms with Crippen LogP contribution >= 0.6 is 0 Å². The van der Waals surface area contributed by atoms with E-state index in [4.69, 9.17) is 4.74 Å². The van der Waals surface area contributed by atoms with E-state index in [-0.39, 0.29) is 6.10 Å². The third kappa shape index (κ3) is 8.77. The molecule has 1 heterocycles. The van der Waals surface area contributed by atoms with Gasteiger partial charge in [0.15, 0.2) is 0 Å². The third-order valence-corrected chi connectivity index (χ3v) is 4.21. The molecule has 0 aromatic rings. The Kier molecular flexibility index (Phi) is 9.49. The average molecular weight is 300 g/mol. The van der Waals surface area contributed by atoms with Crippen LogP contribution in [0, 0.1) is 5.92 Å². The van der Waals surface area contributed by atoms with Crippen molar-refractivity contribution < 1.29 is 9.84 Å². The molecule has 4 nitrogen and oxygen atoms in total. The van der Waals surface area contributed by atoms with E-state index in [1.54, 1.807) is 0 Å². The summed E-state index contributed by atoms with van der Waals surface area (Å²) in [5.74, 6) is 0.640. The molecule has 0 radical (unpaired) electrons. The topological polar surface area (TPSA) is 44.7 Å². The molecule has 0 spiro atoms. The summed E-state index contributed by atoms with van der Waals surface area (Å²) in [5.41, 5.74) is 0. The molecule has 0 bridgehead atoms. The Morgan fingerprint density at radius 1 is 1.05 bits per heavy atom. The van der Waals surface area contributed by atoms with E-state index in [0.29, 0.717) is 25.1 Å². The molecule has 0 aromatic carbocycles. The molecule has 1 aliphatic heterocycles. The van der Waals surface area contributed by atoms with Crippen LogP contribution in [0.5, 0.6) is 0 Å². The normalized spacial score (nSPS) is 21.4. The second-order valence-electron chi connectivity index (χ2n) is 7.03. The number of likely N-dealkylation sites (tertiary alicyclic amines) is 1. The van der Waals surface area contributed by atoms with Gasteiger partial charge in [-0.15, -0.1) is 0 Å². The molecule has 0 amide bonds. The lowest BCUT2D eigenvalue weighted by Gasteiger charge is -2.32. The summed E-state index contributed by atoms with van der Waals surface area (Å²) in [6.07, 6.45) is 4.90. The molecule has 1 rings (SSSR count). The summed E-state index contributed by atoms with van der Waals surface area (Å²) in [5, 5.41) is 13.3. The van der Waals surface area contributed by atoms with E-state index < -0.39 is 6.10 Å². The van der Waals surface area contributed by atoms with Gasteiger partial charge in [-0.25, -0.2) is 0 Å². The number of nitrogens with zero attached hydrogens (tertiary/aromatic N) is 1. The van der Waals surface area contributed by atoms with Crippen molar-refractivity contribution in [1.29, 1.82) is 0 Å². The summed E-state index contributed by atoms with van der Waals surface area (Å²) < 4.78 is 5.69. The number of piperidine rings is 1. The summed E-state index contributed by atoms with van der Waals surface area (Å²) >= 11 is 0. The molecule has 1 saturated heterocycles. The van der Waals surface area contributed by atoms with Crippen molar-refractivity contribution in [2.24, 2.45) is 5.92 Å². The second kappa shape index (κ2) is 10.5. The fraction of sp³-hybridized carbons (Fsp3) is 1.00. The largest absolute Gasteiger partial charge is 0.389 e. The number of aliphatic hydroxyl groups excluding tert-OH is 1. The SMILES string of the molecule is CC(C)CC(C)OCC(O)CNCC(C)N1CCCCC1. The predicted molar refractivity (Wildman–Crippen MR) is 88.6 cm³/mol. The van der Waals surface area contributed by atoms with E-state index in [9.17, 15) is 5.11 Å². The van der Waals surface area contributed by atoms with Crippen LogP contribution in [0.25, 0.3) is 0 Å². The van der Waals surface area contributed by atoms with Gasteiger partial charge in [0.2, 0.25) is 0 Å². The first-order chi connectivity index (χ1) is 9.99. The summed E-state index contributed by atoms with van der Waals surface area (Å²) in [6, 6.07) is 0.554.